The van der Waals surface area contributed by atoms with Crippen molar-refractivity contribution in [1.29, 1.82) is 0 Å². The molecule has 2 atom stereocenters. The standard InChI is InChI=1S/C18H18Cl2N2O2S2/c19-12-2-1-3-15(17(12)20)26(24)16-5-4-14(25-16)18(23)21-13-10-22-8-6-11(13)7-9-22/h1-5,11,13H,6-10H2,(H,21,23). The second kappa shape index (κ2) is 7.60. The molecule has 2 bridgehead atoms. The van der Waals surface area contributed by atoms with Crippen molar-refractivity contribution in [3.8, 4) is 0 Å². The number of hydrogen-bond acceptors (Lipinski definition) is 4. The van der Waals surface area contributed by atoms with Crippen molar-refractivity contribution in [2.24, 2.45) is 5.92 Å². The topological polar surface area (TPSA) is 49.4 Å². The van der Waals surface area contributed by atoms with Crippen LogP contribution in [0.5, 0.6) is 0 Å². The average molecular weight is 429 g/mol. The summed E-state index contributed by atoms with van der Waals surface area (Å²) in [5.74, 6) is 0.483. The van der Waals surface area contributed by atoms with Crippen LogP contribution >= 0.6 is 34.5 Å². The van der Waals surface area contributed by atoms with Crippen molar-refractivity contribution < 1.29 is 9.00 Å². The van der Waals surface area contributed by atoms with Crippen molar-refractivity contribution in [2.75, 3.05) is 19.6 Å². The molecule has 8 heteroatoms. The van der Waals surface area contributed by atoms with E-state index in [1.807, 2.05) is 0 Å². The van der Waals surface area contributed by atoms with E-state index in [4.69, 9.17) is 23.2 Å². The normalized spacial score (nSPS) is 25.8. The van der Waals surface area contributed by atoms with Crippen molar-refractivity contribution in [1.82, 2.24) is 10.2 Å². The molecule has 2 aromatic rings. The van der Waals surface area contributed by atoms with Crippen LogP contribution in [-0.4, -0.2) is 40.7 Å². The van der Waals surface area contributed by atoms with Gasteiger partial charge in [0.25, 0.3) is 5.91 Å². The highest BCUT2D eigenvalue weighted by molar-refractivity contribution is 7.87. The van der Waals surface area contributed by atoms with E-state index in [0.717, 1.165) is 32.5 Å². The number of hydrogen-bond donors (Lipinski definition) is 1. The van der Waals surface area contributed by atoms with Gasteiger partial charge in [-0.05, 0) is 56.1 Å². The Morgan fingerprint density at radius 2 is 1.96 bits per heavy atom. The lowest BCUT2D eigenvalue weighted by Crippen LogP contribution is -2.57. The highest BCUT2D eigenvalue weighted by Crippen LogP contribution is 2.33. The van der Waals surface area contributed by atoms with Crippen molar-refractivity contribution in [2.45, 2.75) is 28.0 Å². The Morgan fingerprint density at radius 1 is 1.19 bits per heavy atom. The molecule has 4 nitrogen and oxygen atoms in total. The van der Waals surface area contributed by atoms with Crippen LogP contribution in [0.15, 0.2) is 39.4 Å². The second-order valence-electron chi connectivity index (χ2n) is 6.66. The number of thiophene rings is 1. The third-order valence-corrected chi connectivity index (χ3v) is 8.83. The van der Waals surface area contributed by atoms with Crippen LogP contribution in [0.25, 0.3) is 0 Å². The molecule has 1 amide bonds. The van der Waals surface area contributed by atoms with Crippen LogP contribution in [0.3, 0.4) is 0 Å². The Kier molecular flexibility index (Phi) is 5.39. The lowest BCUT2D eigenvalue weighted by molar-refractivity contribution is 0.0622. The van der Waals surface area contributed by atoms with Gasteiger partial charge in [0.15, 0.2) is 0 Å². The Labute approximate surface area is 168 Å². The molecule has 0 spiro atoms. The maximum Gasteiger partial charge on any atom is 0.261 e. The third-order valence-electron chi connectivity index (χ3n) is 5.08. The average Bonchev–Trinajstić information content (AvgIpc) is 3.15. The fourth-order valence-electron chi connectivity index (χ4n) is 3.65. The summed E-state index contributed by atoms with van der Waals surface area (Å²) >= 11 is 13.4. The van der Waals surface area contributed by atoms with Crippen molar-refractivity contribution >= 4 is 51.2 Å². The monoisotopic (exact) mass is 428 g/mol. The van der Waals surface area contributed by atoms with E-state index in [-0.39, 0.29) is 11.9 Å². The van der Waals surface area contributed by atoms with Gasteiger partial charge in [-0.15, -0.1) is 11.3 Å². The summed E-state index contributed by atoms with van der Waals surface area (Å²) in [6, 6.07) is 8.73. The Hall–Kier alpha value is -0.920. The van der Waals surface area contributed by atoms with Gasteiger partial charge in [-0.3, -0.25) is 4.79 Å². The predicted molar refractivity (Wildman–Crippen MR) is 106 cm³/mol. The van der Waals surface area contributed by atoms with E-state index >= 15 is 0 Å². The molecular formula is C18H18Cl2N2O2S2. The van der Waals surface area contributed by atoms with E-state index in [9.17, 15) is 9.00 Å². The summed E-state index contributed by atoms with van der Waals surface area (Å²) in [6.45, 7) is 3.21. The molecule has 0 aliphatic carbocycles. The number of benzene rings is 1. The van der Waals surface area contributed by atoms with E-state index < -0.39 is 10.8 Å². The summed E-state index contributed by atoms with van der Waals surface area (Å²) in [7, 11) is -1.46. The lowest BCUT2D eigenvalue weighted by atomic mass is 9.84. The number of fused-ring (bicyclic) bond motifs is 3. The first-order valence-corrected chi connectivity index (χ1v) is 11.2. The number of piperidine rings is 3. The summed E-state index contributed by atoms with van der Waals surface area (Å²) < 4.78 is 13.4. The quantitative estimate of drug-likeness (QED) is 0.798. The fourth-order valence-corrected chi connectivity index (χ4v) is 6.58. The zero-order chi connectivity index (χ0) is 18.3. The number of carbonyl (C=O) groups is 1. The lowest BCUT2D eigenvalue weighted by Gasteiger charge is -2.44. The van der Waals surface area contributed by atoms with Gasteiger partial charge in [-0.25, -0.2) is 4.21 Å². The van der Waals surface area contributed by atoms with Crippen LogP contribution in [0.4, 0.5) is 0 Å². The van der Waals surface area contributed by atoms with Gasteiger partial charge in [-0.2, -0.15) is 0 Å². The summed E-state index contributed by atoms with van der Waals surface area (Å²) in [6.07, 6.45) is 2.30. The summed E-state index contributed by atoms with van der Waals surface area (Å²) in [5, 5.41) is 3.82. The molecule has 3 fully saturated rings. The maximum atomic E-state index is 12.8. The van der Waals surface area contributed by atoms with E-state index in [1.165, 1.54) is 11.3 Å². The number of rotatable bonds is 4. The van der Waals surface area contributed by atoms with Gasteiger partial charge in [0, 0.05) is 12.6 Å². The SMILES string of the molecule is O=C(NC1CN2CCC1CC2)c1ccc(S(=O)c2cccc(Cl)c2Cl)s1. The second-order valence-corrected chi connectivity index (χ2v) is 10.2. The minimum absolute atomic E-state index is 0.0887. The minimum Gasteiger partial charge on any atom is -0.347 e. The van der Waals surface area contributed by atoms with Crippen LogP contribution in [0.1, 0.15) is 22.5 Å². The molecule has 26 heavy (non-hydrogen) atoms. The summed E-state index contributed by atoms with van der Waals surface area (Å²) in [4.78, 5) is 16.1. The zero-order valence-electron chi connectivity index (χ0n) is 13.9. The largest absolute Gasteiger partial charge is 0.347 e. The van der Waals surface area contributed by atoms with Gasteiger partial charge < -0.3 is 10.2 Å². The van der Waals surface area contributed by atoms with Gasteiger partial charge in [0.05, 0.1) is 34.8 Å². The number of nitrogens with zero attached hydrogens (tertiary/aromatic N) is 1. The molecule has 3 saturated heterocycles. The molecule has 1 aromatic carbocycles. The first-order valence-electron chi connectivity index (χ1n) is 8.52. The molecule has 3 aliphatic rings. The van der Waals surface area contributed by atoms with Crippen LogP contribution < -0.4 is 5.32 Å². The number of carbonyl (C=O) groups excluding carboxylic acids is 1. The van der Waals surface area contributed by atoms with Gasteiger partial charge in [-0.1, -0.05) is 29.3 Å². The molecule has 2 unspecified atom stereocenters. The minimum atomic E-state index is -1.46. The fraction of sp³-hybridized carbons (Fsp3) is 0.389. The Balaban J connectivity index is 1.48. The molecule has 0 radical (unpaired) electrons. The Morgan fingerprint density at radius 3 is 2.65 bits per heavy atom. The van der Waals surface area contributed by atoms with Crippen LogP contribution in [0, 0.1) is 5.92 Å². The highest BCUT2D eigenvalue weighted by atomic mass is 35.5. The first-order chi connectivity index (χ1) is 12.5. The third kappa shape index (κ3) is 3.58. The van der Waals surface area contributed by atoms with E-state index in [1.54, 1.807) is 30.3 Å². The van der Waals surface area contributed by atoms with Crippen molar-refractivity contribution in [3.63, 3.8) is 0 Å². The van der Waals surface area contributed by atoms with Gasteiger partial charge in [0.1, 0.15) is 0 Å². The predicted octanol–water partition coefficient (Wildman–Crippen LogP) is 4.05. The number of nitrogens with one attached hydrogen (secondary N) is 1. The smallest absolute Gasteiger partial charge is 0.261 e. The molecule has 0 saturated carbocycles. The molecule has 1 aromatic heterocycles. The van der Waals surface area contributed by atoms with Crippen LogP contribution in [-0.2, 0) is 10.8 Å². The van der Waals surface area contributed by atoms with Crippen molar-refractivity contribution in [3.05, 3.63) is 45.3 Å². The molecule has 3 aliphatic heterocycles. The number of halogens is 2. The first kappa shape index (κ1) is 18.4. The van der Waals surface area contributed by atoms with E-state index in [2.05, 4.69) is 10.2 Å². The van der Waals surface area contributed by atoms with E-state index in [0.29, 0.717) is 29.9 Å². The maximum absolute atomic E-state index is 12.8. The molecule has 1 N–H and O–H groups in total. The van der Waals surface area contributed by atoms with Crippen LogP contribution in [0.2, 0.25) is 10.0 Å². The molecule has 138 valence electrons. The number of amides is 1. The molecular weight excluding hydrogens is 411 g/mol. The Bertz CT molecular complexity index is 863. The highest BCUT2D eigenvalue weighted by Gasteiger charge is 2.35. The summed E-state index contributed by atoms with van der Waals surface area (Å²) in [5.41, 5.74) is 0. The van der Waals surface area contributed by atoms with Gasteiger partial charge >= 0.3 is 0 Å². The van der Waals surface area contributed by atoms with Gasteiger partial charge in [0.2, 0.25) is 0 Å². The zero-order valence-corrected chi connectivity index (χ0v) is 17.1. The molecule has 4 heterocycles. The molecule has 5 rings (SSSR count).